The van der Waals surface area contributed by atoms with Crippen molar-refractivity contribution in [1.29, 1.82) is 0 Å². The minimum absolute atomic E-state index is 0.0908. The minimum atomic E-state index is -0.793. The lowest BCUT2D eigenvalue weighted by Gasteiger charge is -2.18. The molecule has 0 amide bonds. The second-order valence-electron chi connectivity index (χ2n) is 20.9. The van der Waals surface area contributed by atoms with Gasteiger partial charge in [-0.15, -0.1) is 0 Å². The van der Waals surface area contributed by atoms with Gasteiger partial charge in [0.2, 0.25) is 0 Å². The fourth-order valence-electron chi connectivity index (χ4n) is 8.53. The van der Waals surface area contributed by atoms with E-state index >= 15 is 0 Å². The Morgan fingerprint density at radius 3 is 0.833 bits per heavy atom. The van der Waals surface area contributed by atoms with E-state index in [9.17, 15) is 14.4 Å². The summed E-state index contributed by atoms with van der Waals surface area (Å²) >= 11 is 0. The fraction of sp³-hybridized carbons (Fsp3) is 0.653. The quantitative estimate of drug-likeness (QED) is 0.0261. The highest BCUT2D eigenvalue weighted by molar-refractivity contribution is 5.71. The molecule has 1 unspecified atom stereocenters. The van der Waals surface area contributed by atoms with E-state index in [2.05, 4.69) is 154 Å². The number of hydrogen-bond donors (Lipinski definition) is 0. The van der Waals surface area contributed by atoms with Crippen LogP contribution in [0.25, 0.3) is 0 Å². The monoisotopic (exact) mass is 1080 g/mol. The third kappa shape index (κ3) is 62.4. The highest BCUT2D eigenvalue weighted by Gasteiger charge is 2.19. The molecule has 0 fully saturated rings. The molecule has 0 spiro atoms. The summed E-state index contributed by atoms with van der Waals surface area (Å²) in [6, 6.07) is 0. The number of hydrogen-bond acceptors (Lipinski definition) is 6. The average molecular weight is 1080 g/mol. The molecule has 78 heavy (non-hydrogen) atoms. The Labute approximate surface area is 481 Å². The van der Waals surface area contributed by atoms with Gasteiger partial charge in [-0.25, -0.2) is 0 Å². The SMILES string of the molecule is CC/C=C\C/C=C\C/C=C\C/C=C\C/C=C\C/C=C\C/C=C\C/C=C\C/C=C\CCCCCCCCCC(=O)OCC(COC(=O)CCCCCCC/C=C\CCCC)OC(=O)CCCCCCC/C=C\CCCCCCC. The first-order valence-electron chi connectivity index (χ1n) is 32.2. The Kier molecular flexibility index (Phi) is 61.4. The molecule has 0 heterocycles. The standard InChI is InChI=1S/C72H118O6/c1-4-7-10-13-16-19-22-24-26-27-28-29-30-31-32-33-34-35-36-37-38-39-40-41-42-43-44-45-46-48-50-53-56-59-62-65-71(74)77-68-69(67-76-70(73)64-61-58-55-52-49-21-18-15-12-9-6-3)78-72(75)66-63-60-57-54-51-47-25-23-20-17-14-11-8-5-2/h7,10,15-16,18-19,23-26,28-29,31-32,34-35,37-38,40-41,43-44,69H,4-6,8-9,11-14,17,20-22,27,30,33,36,39,42,45-68H2,1-3H3/b10-7-,18-15-,19-16-,25-23-,26-24-,29-28-,32-31-,35-34-,38-37-,41-40-,44-43-. The van der Waals surface area contributed by atoms with Crippen LogP contribution in [0.15, 0.2) is 134 Å². The zero-order valence-electron chi connectivity index (χ0n) is 50.6. The second kappa shape index (κ2) is 65.1. The maximum Gasteiger partial charge on any atom is 0.306 e. The Hall–Kier alpha value is -4.45. The van der Waals surface area contributed by atoms with Gasteiger partial charge in [-0.1, -0.05) is 264 Å². The zero-order chi connectivity index (χ0) is 56.4. The first-order chi connectivity index (χ1) is 38.5. The molecule has 0 aromatic rings. The number of allylic oxidation sites excluding steroid dienone is 22. The van der Waals surface area contributed by atoms with Crippen molar-refractivity contribution >= 4 is 17.9 Å². The van der Waals surface area contributed by atoms with Gasteiger partial charge in [-0.3, -0.25) is 14.4 Å². The van der Waals surface area contributed by atoms with Crippen LogP contribution in [-0.2, 0) is 28.6 Å². The van der Waals surface area contributed by atoms with Crippen molar-refractivity contribution in [3.05, 3.63) is 134 Å². The second-order valence-corrected chi connectivity index (χ2v) is 20.9. The van der Waals surface area contributed by atoms with E-state index in [1.165, 1.54) is 96.3 Å². The molecule has 1 atom stereocenters. The predicted molar refractivity (Wildman–Crippen MR) is 339 cm³/mol. The molecular formula is C72H118O6. The van der Waals surface area contributed by atoms with Crippen molar-refractivity contribution in [1.82, 2.24) is 0 Å². The summed E-state index contributed by atoms with van der Waals surface area (Å²) in [5.41, 5.74) is 0. The topological polar surface area (TPSA) is 78.9 Å². The average Bonchev–Trinajstić information content (AvgIpc) is 3.44. The van der Waals surface area contributed by atoms with E-state index in [1.54, 1.807) is 0 Å². The Balaban J connectivity index is 4.23. The zero-order valence-corrected chi connectivity index (χ0v) is 50.6. The van der Waals surface area contributed by atoms with Gasteiger partial charge in [-0.2, -0.15) is 0 Å². The van der Waals surface area contributed by atoms with Crippen molar-refractivity contribution in [3.8, 4) is 0 Å². The van der Waals surface area contributed by atoms with Gasteiger partial charge in [0.25, 0.3) is 0 Å². The summed E-state index contributed by atoms with van der Waals surface area (Å²) in [4.78, 5) is 38.2. The van der Waals surface area contributed by atoms with Crippen LogP contribution in [0.1, 0.15) is 284 Å². The first kappa shape index (κ1) is 73.5. The van der Waals surface area contributed by atoms with Crippen molar-refractivity contribution in [2.75, 3.05) is 13.2 Å². The van der Waals surface area contributed by atoms with Gasteiger partial charge in [0.1, 0.15) is 13.2 Å². The minimum Gasteiger partial charge on any atom is -0.462 e. The molecule has 0 N–H and O–H groups in total. The molecule has 0 rings (SSSR count). The molecule has 6 heteroatoms. The van der Waals surface area contributed by atoms with Gasteiger partial charge >= 0.3 is 17.9 Å². The number of esters is 3. The fourth-order valence-corrected chi connectivity index (χ4v) is 8.53. The van der Waals surface area contributed by atoms with E-state index in [1.807, 2.05) is 0 Å². The summed E-state index contributed by atoms with van der Waals surface area (Å²) in [6.07, 6.45) is 91.8. The molecule has 0 aromatic carbocycles. The first-order valence-corrected chi connectivity index (χ1v) is 32.2. The van der Waals surface area contributed by atoms with Crippen LogP contribution >= 0.6 is 0 Å². The molecule has 6 nitrogen and oxygen atoms in total. The number of ether oxygens (including phenoxy) is 3. The molecule has 0 bridgehead atoms. The van der Waals surface area contributed by atoms with Crippen LogP contribution in [0.5, 0.6) is 0 Å². The summed E-state index contributed by atoms with van der Waals surface area (Å²) in [5.74, 6) is -0.920. The van der Waals surface area contributed by atoms with Gasteiger partial charge in [0.05, 0.1) is 0 Å². The summed E-state index contributed by atoms with van der Waals surface area (Å²) in [5, 5.41) is 0. The van der Waals surface area contributed by atoms with Gasteiger partial charge in [0.15, 0.2) is 6.10 Å². The van der Waals surface area contributed by atoms with E-state index < -0.39 is 6.10 Å². The molecule has 0 aliphatic rings. The maximum absolute atomic E-state index is 12.8. The third-order valence-electron chi connectivity index (χ3n) is 13.4. The lowest BCUT2D eigenvalue weighted by atomic mass is 10.1. The normalized spacial score (nSPS) is 13.0. The summed E-state index contributed by atoms with van der Waals surface area (Å²) in [7, 11) is 0. The van der Waals surface area contributed by atoms with E-state index in [4.69, 9.17) is 14.2 Å². The van der Waals surface area contributed by atoms with Crippen molar-refractivity contribution in [2.45, 2.75) is 290 Å². The van der Waals surface area contributed by atoms with Crippen LogP contribution in [0.2, 0.25) is 0 Å². The lowest BCUT2D eigenvalue weighted by molar-refractivity contribution is -0.167. The largest absolute Gasteiger partial charge is 0.462 e. The summed E-state index contributed by atoms with van der Waals surface area (Å²) < 4.78 is 16.8. The predicted octanol–water partition coefficient (Wildman–Crippen LogP) is 22.2. The highest BCUT2D eigenvalue weighted by atomic mass is 16.6. The van der Waals surface area contributed by atoms with Crippen LogP contribution < -0.4 is 0 Å². The molecule has 442 valence electrons. The van der Waals surface area contributed by atoms with Gasteiger partial charge < -0.3 is 14.2 Å². The number of carbonyl (C=O) groups is 3. The maximum atomic E-state index is 12.8. The number of carbonyl (C=O) groups excluding carboxylic acids is 3. The van der Waals surface area contributed by atoms with E-state index in [0.717, 1.165) is 148 Å². The van der Waals surface area contributed by atoms with Crippen LogP contribution in [0.4, 0.5) is 0 Å². The number of unbranched alkanes of at least 4 members (excludes halogenated alkanes) is 24. The molecular weight excluding hydrogens is 961 g/mol. The van der Waals surface area contributed by atoms with Crippen LogP contribution in [0, 0.1) is 0 Å². The Bertz CT molecular complexity index is 1670. The molecule has 0 saturated carbocycles. The highest BCUT2D eigenvalue weighted by Crippen LogP contribution is 2.14. The molecule has 0 radical (unpaired) electrons. The Morgan fingerprint density at radius 2 is 0.513 bits per heavy atom. The van der Waals surface area contributed by atoms with E-state index in [0.29, 0.717) is 19.3 Å². The number of rotatable bonds is 57. The van der Waals surface area contributed by atoms with Crippen molar-refractivity contribution in [2.24, 2.45) is 0 Å². The molecule has 0 aliphatic carbocycles. The summed E-state index contributed by atoms with van der Waals surface area (Å²) in [6.45, 7) is 6.45. The molecule has 0 aromatic heterocycles. The van der Waals surface area contributed by atoms with E-state index in [-0.39, 0.29) is 31.1 Å². The van der Waals surface area contributed by atoms with Crippen molar-refractivity contribution < 1.29 is 28.6 Å². The third-order valence-corrected chi connectivity index (χ3v) is 13.4. The van der Waals surface area contributed by atoms with Crippen LogP contribution in [-0.4, -0.2) is 37.2 Å². The molecule has 0 aliphatic heterocycles. The molecule has 0 saturated heterocycles. The smallest absolute Gasteiger partial charge is 0.306 e. The van der Waals surface area contributed by atoms with Crippen molar-refractivity contribution in [3.63, 3.8) is 0 Å². The lowest BCUT2D eigenvalue weighted by Crippen LogP contribution is -2.30. The Morgan fingerprint density at radius 1 is 0.269 bits per heavy atom. The van der Waals surface area contributed by atoms with Crippen LogP contribution in [0.3, 0.4) is 0 Å². The van der Waals surface area contributed by atoms with Gasteiger partial charge in [-0.05, 0) is 135 Å². The van der Waals surface area contributed by atoms with Gasteiger partial charge in [0, 0.05) is 19.3 Å².